The largest absolute Gasteiger partial charge is 0.480 e. The molecule has 0 aromatic rings. The number of aliphatic hydroxyl groups excluding tert-OH is 1. The van der Waals surface area contributed by atoms with E-state index in [9.17, 15) is 9.59 Å². The molecular formula is C12H24N4O4. The van der Waals surface area contributed by atoms with Gasteiger partial charge in [-0.25, -0.2) is 9.59 Å². The zero-order valence-corrected chi connectivity index (χ0v) is 12.0. The molecule has 20 heavy (non-hydrogen) atoms. The van der Waals surface area contributed by atoms with Crippen molar-refractivity contribution in [1.29, 1.82) is 0 Å². The molecule has 2 atom stereocenters. The maximum Gasteiger partial charge on any atom is 0.326 e. The van der Waals surface area contributed by atoms with E-state index < -0.39 is 18.0 Å². The van der Waals surface area contributed by atoms with Crippen molar-refractivity contribution in [2.45, 2.75) is 18.5 Å². The summed E-state index contributed by atoms with van der Waals surface area (Å²) >= 11 is 0. The number of carbonyl (C=O) groups is 2. The fourth-order valence-electron chi connectivity index (χ4n) is 2.13. The third-order valence-corrected chi connectivity index (χ3v) is 3.50. The number of urea groups is 1. The van der Waals surface area contributed by atoms with Gasteiger partial charge in [-0.2, -0.15) is 0 Å². The number of rotatable bonds is 6. The number of carboxylic acids is 1. The van der Waals surface area contributed by atoms with E-state index in [-0.39, 0.29) is 19.1 Å². The Labute approximate surface area is 118 Å². The predicted octanol–water partition coefficient (Wildman–Crippen LogP) is -1.63. The Bertz CT molecular complexity index is 339. The Kier molecular flexibility index (Phi) is 6.69. The SMILES string of the molecule is CN1CCN(C)C(CNC(=O)N[C@H](CCO)C(=O)O)C1. The first kappa shape index (κ1) is 16.7. The molecule has 0 spiro atoms. The number of nitrogens with one attached hydrogen (secondary N) is 2. The molecule has 0 radical (unpaired) electrons. The first-order valence-electron chi connectivity index (χ1n) is 6.71. The van der Waals surface area contributed by atoms with Crippen molar-refractivity contribution in [2.24, 2.45) is 0 Å². The van der Waals surface area contributed by atoms with E-state index in [0.29, 0.717) is 6.54 Å². The van der Waals surface area contributed by atoms with Crippen LogP contribution in [0.25, 0.3) is 0 Å². The van der Waals surface area contributed by atoms with Crippen molar-refractivity contribution in [1.82, 2.24) is 20.4 Å². The van der Waals surface area contributed by atoms with Crippen molar-refractivity contribution in [3.8, 4) is 0 Å². The van der Waals surface area contributed by atoms with Crippen LogP contribution in [0.15, 0.2) is 0 Å². The molecular weight excluding hydrogens is 264 g/mol. The molecule has 1 fully saturated rings. The van der Waals surface area contributed by atoms with E-state index in [2.05, 4.69) is 20.4 Å². The monoisotopic (exact) mass is 288 g/mol. The molecule has 0 saturated carbocycles. The Morgan fingerprint density at radius 3 is 2.65 bits per heavy atom. The standard InChI is InChI=1S/C12H24N4O4/c1-15-4-5-16(2)9(8-15)7-13-12(20)14-10(3-6-17)11(18)19/h9-10,17H,3-8H2,1-2H3,(H,18,19)(H2,13,14,20)/t9?,10-/m1/s1. The average Bonchev–Trinajstić information content (AvgIpc) is 2.39. The van der Waals surface area contributed by atoms with Gasteiger partial charge in [0, 0.05) is 45.2 Å². The van der Waals surface area contributed by atoms with E-state index >= 15 is 0 Å². The summed E-state index contributed by atoms with van der Waals surface area (Å²) < 4.78 is 0. The number of hydrogen-bond acceptors (Lipinski definition) is 5. The number of carboxylic acid groups (broad SMARTS) is 1. The van der Waals surface area contributed by atoms with Crippen molar-refractivity contribution < 1.29 is 19.8 Å². The highest BCUT2D eigenvalue weighted by molar-refractivity contribution is 5.82. The van der Waals surface area contributed by atoms with Gasteiger partial charge in [0.25, 0.3) is 0 Å². The first-order valence-corrected chi connectivity index (χ1v) is 6.71. The number of amides is 2. The Balaban J connectivity index is 2.36. The van der Waals surface area contributed by atoms with Gasteiger partial charge in [-0.1, -0.05) is 0 Å². The molecule has 0 aliphatic carbocycles. The molecule has 1 heterocycles. The molecule has 1 aliphatic rings. The Hall–Kier alpha value is -1.38. The van der Waals surface area contributed by atoms with E-state index in [1.807, 2.05) is 14.1 Å². The number of likely N-dealkylation sites (N-methyl/N-ethyl adjacent to an activating group) is 2. The van der Waals surface area contributed by atoms with E-state index in [0.717, 1.165) is 19.6 Å². The highest BCUT2D eigenvalue weighted by atomic mass is 16.4. The van der Waals surface area contributed by atoms with Crippen LogP contribution < -0.4 is 10.6 Å². The van der Waals surface area contributed by atoms with Gasteiger partial charge in [0.1, 0.15) is 6.04 Å². The Morgan fingerprint density at radius 1 is 1.35 bits per heavy atom. The third-order valence-electron chi connectivity index (χ3n) is 3.50. The normalized spacial score (nSPS) is 22.2. The quantitative estimate of drug-likeness (QED) is 0.467. The second kappa shape index (κ2) is 8.03. The first-order chi connectivity index (χ1) is 9.43. The predicted molar refractivity (Wildman–Crippen MR) is 73.6 cm³/mol. The maximum absolute atomic E-state index is 11.7. The summed E-state index contributed by atoms with van der Waals surface area (Å²) in [7, 11) is 4.03. The number of aliphatic carboxylic acids is 1. The zero-order valence-electron chi connectivity index (χ0n) is 12.0. The molecule has 0 bridgehead atoms. The topological polar surface area (TPSA) is 105 Å². The summed E-state index contributed by atoms with van der Waals surface area (Å²) in [4.78, 5) is 26.9. The minimum Gasteiger partial charge on any atom is -0.480 e. The second-order valence-electron chi connectivity index (χ2n) is 5.15. The van der Waals surface area contributed by atoms with Gasteiger partial charge in [0.2, 0.25) is 0 Å². The van der Waals surface area contributed by atoms with Gasteiger partial charge in [0.05, 0.1) is 0 Å². The highest BCUT2D eigenvalue weighted by Gasteiger charge is 2.23. The van der Waals surface area contributed by atoms with Gasteiger partial charge in [-0.05, 0) is 14.1 Å². The lowest BCUT2D eigenvalue weighted by Crippen LogP contribution is -2.56. The second-order valence-corrected chi connectivity index (χ2v) is 5.15. The molecule has 4 N–H and O–H groups in total. The summed E-state index contributed by atoms with van der Waals surface area (Å²) in [6, 6.07) is -1.38. The fourth-order valence-corrected chi connectivity index (χ4v) is 2.13. The van der Waals surface area contributed by atoms with Crippen LogP contribution >= 0.6 is 0 Å². The molecule has 2 amide bonds. The number of hydrogen-bond donors (Lipinski definition) is 4. The summed E-state index contributed by atoms with van der Waals surface area (Å²) in [6.45, 7) is 2.96. The minimum absolute atomic E-state index is 0.00514. The average molecular weight is 288 g/mol. The molecule has 1 unspecified atom stereocenters. The van der Waals surface area contributed by atoms with Crippen LogP contribution in [0.4, 0.5) is 4.79 Å². The Morgan fingerprint density at radius 2 is 2.05 bits per heavy atom. The van der Waals surface area contributed by atoms with Crippen LogP contribution in [-0.2, 0) is 4.79 Å². The van der Waals surface area contributed by atoms with Crippen molar-refractivity contribution in [3.63, 3.8) is 0 Å². The summed E-state index contributed by atoms with van der Waals surface area (Å²) in [5, 5.41) is 22.7. The van der Waals surface area contributed by atoms with Crippen LogP contribution in [0.2, 0.25) is 0 Å². The van der Waals surface area contributed by atoms with Crippen LogP contribution in [0.1, 0.15) is 6.42 Å². The number of nitrogens with zero attached hydrogens (tertiary/aromatic N) is 2. The van der Waals surface area contributed by atoms with Gasteiger partial charge >= 0.3 is 12.0 Å². The molecule has 0 aromatic carbocycles. The van der Waals surface area contributed by atoms with Crippen LogP contribution in [0, 0.1) is 0 Å². The van der Waals surface area contributed by atoms with Gasteiger partial charge < -0.3 is 25.7 Å². The van der Waals surface area contributed by atoms with Crippen molar-refractivity contribution >= 4 is 12.0 Å². The fraction of sp³-hybridized carbons (Fsp3) is 0.833. The van der Waals surface area contributed by atoms with E-state index in [4.69, 9.17) is 10.2 Å². The van der Waals surface area contributed by atoms with Crippen LogP contribution in [0.3, 0.4) is 0 Å². The van der Waals surface area contributed by atoms with Crippen molar-refractivity contribution in [2.75, 3.05) is 46.9 Å². The van der Waals surface area contributed by atoms with Gasteiger partial charge in [0.15, 0.2) is 0 Å². The van der Waals surface area contributed by atoms with E-state index in [1.54, 1.807) is 0 Å². The van der Waals surface area contributed by atoms with Crippen molar-refractivity contribution in [3.05, 3.63) is 0 Å². The lowest BCUT2D eigenvalue weighted by molar-refractivity contribution is -0.139. The molecule has 8 nitrogen and oxygen atoms in total. The molecule has 1 aliphatic heterocycles. The summed E-state index contributed by atoms with van der Waals surface area (Å²) in [5.41, 5.74) is 0. The van der Waals surface area contributed by atoms with Gasteiger partial charge in [-0.3, -0.25) is 4.90 Å². The lowest BCUT2D eigenvalue weighted by Gasteiger charge is -2.37. The highest BCUT2D eigenvalue weighted by Crippen LogP contribution is 2.04. The third kappa shape index (κ3) is 5.32. The summed E-state index contributed by atoms with van der Waals surface area (Å²) in [5.74, 6) is -1.15. The smallest absolute Gasteiger partial charge is 0.326 e. The zero-order chi connectivity index (χ0) is 15.1. The molecule has 1 saturated heterocycles. The lowest BCUT2D eigenvalue weighted by atomic mass is 10.2. The number of carbonyl (C=O) groups excluding carboxylic acids is 1. The molecule has 8 heteroatoms. The summed E-state index contributed by atoms with van der Waals surface area (Å²) in [6.07, 6.45) is -0.00514. The molecule has 0 aromatic heterocycles. The minimum atomic E-state index is -1.15. The van der Waals surface area contributed by atoms with E-state index in [1.165, 1.54) is 0 Å². The van der Waals surface area contributed by atoms with Crippen LogP contribution in [-0.4, -0.2) is 91.0 Å². The van der Waals surface area contributed by atoms with Gasteiger partial charge in [-0.15, -0.1) is 0 Å². The number of piperazine rings is 1. The maximum atomic E-state index is 11.7. The number of aliphatic hydroxyl groups is 1. The molecule has 1 rings (SSSR count). The molecule has 116 valence electrons. The van der Waals surface area contributed by atoms with Crippen LogP contribution in [0.5, 0.6) is 0 Å².